The van der Waals surface area contributed by atoms with E-state index in [1.165, 1.54) is 5.56 Å². The van der Waals surface area contributed by atoms with Crippen LogP contribution in [0.25, 0.3) is 0 Å². The van der Waals surface area contributed by atoms with Gasteiger partial charge in [0.15, 0.2) is 0 Å². The predicted molar refractivity (Wildman–Crippen MR) is 69.1 cm³/mol. The molecule has 0 saturated heterocycles. The fraction of sp³-hybridized carbons (Fsp3) is 0.417. The molecular weight excluding hydrogens is 215 g/mol. The molecule has 0 heterocycles. The Balaban J connectivity index is -0.000000188. The number of aliphatic carboxylic acids is 1. The number of carboxylic acids is 1. The van der Waals surface area contributed by atoms with Gasteiger partial charge in [0.1, 0.15) is 0 Å². The van der Waals surface area contributed by atoms with Gasteiger partial charge < -0.3 is 10.6 Å². The molecule has 3 nitrogen and oxygen atoms in total. The van der Waals surface area contributed by atoms with Crippen LogP contribution in [0.5, 0.6) is 0 Å². The van der Waals surface area contributed by atoms with Crippen LogP contribution in [-0.2, 0) is 4.79 Å². The van der Waals surface area contributed by atoms with Crippen LogP contribution >= 0.6 is 0 Å². The van der Waals surface area contributed by atoms with Gasteiger partial charge in [0.25, 0.3) is 0 Å². The van der Waals surface area contributed by atoms with Gasteiger partial charge in [0, 0.05) is 6.42 Å². The Labute approximate surface area is 119 Å². The van der Waals surface area contributed by atoms with Crippen molar-refractivity contribution in [2.75, 3.05) is 0 Å². The zero-order chi connectivity index (χ0) is 10.8. The van der Waals surface area contributed by atoms with Crippen LogP contribution in [0.3, 0.4) is 0 Å². The number of carbonyl (C=O) groups is 1. The molecule has 0 aliphatic heterocycles. The van der Waals surface area contributed by atoms with Crippen LogP contribution < -0.4 is 0 Å². The molecule has 1 rings (SSSR count). The molecule has 1 aromatic rings. The van der Waals surface area contributed by atoms with E-state index < -0.39 is 5.97 Å². The molecule has 0 aliphatic carbocycles. The average Bonchev–Trinajstić information content (AvgIpc) is 2.17. The molecule has 88 valence electrons. The number of hydrogen-bond acceptors (Lipinski definition) is 1. The molecule has 0 aromatic heterocycles. The monoisotopic (exact) mass is 236 g/mol. The van der Waals surface area contributed by atoms with Gasteiger partial charge in [-0.05, 0) is 13.3 Å². The van der Waals surface area contributed by atoms with Gasteiger partial charge in [-0.2, -0.15) is 0 Å². The van der Waals surface area contributed by atoms with Crippen molar-refractivity contribution in [2.45, 2.75) is 33.1 Å². The number of unbranched alkanes of at least 4 members (excludes halogenated alkanes) is 1. The summed E-state index contributed by atoms with van der Waals surface area (Å²) in [6.45, 7) is 4.06. The first-order valence-electron chi connectivity index (χ1n) is 4.90. The molecule has 0 aliphatic rings. The van der Waals surface area contributed by atoms with Crippen molar-refractivity contribution in [3.8, 4) is 0 Å². The van der Waals surface area contributed by atoms with Crippen molar-refractivity contribution >= 4 is 35.5 Å². The van der Waals surface area contributed by atoms with Crippen LogP contribution in [0, 0.1) is 6.92 Å². The van der Waals surface area contributed by atoms with Crippen molar-refractivity contribution in [1.82, 2.24) is 0 Å². The van der Waals surface area contributed by atoms with E-state index in [9.17, 15) is 4.79 Å². The first-order chi connectivity index (χ1) is 6.66. The van der Waals surface area contributed by atoms with Gasteiger partial charge in [-0.15, -0.1) is 0 Å². The van der Waals surface area contributed by atoms with Crippen molar-refractivity contribution in [3.63, 3.8) is 0 Å². The van der Waals surface area contributed by atoms with Crippen LogP contribution in [0.15, 0.2) is 30.3 Å². The molecule has 0 bridgehead atoms. The predicted octanol–water partition coefficient (Wildman–Crippen LogP) is 1.78. The molecule has 16 heavy (non-hydrogen) atoms. The van der Waals surface area contributed by atoms with Gasteiger partial charge >= 0.3 is 35.5 Å². The molecule has 4 heteroatoms. The minimum atomic E-state index is -0.693. The van der Waals surface area contributed by atoms with E-state index in [2.05, 4.69) is 19.1 Å². The number of rotatable bonds is 3. The molecule has 3 N–H and O–H groups in total. The number of benzene rings is 1. The summed E-state index contributed by atoms with van der Waals surface area (Å²) < 4.78 is 0. The summed E-state index contributed by atoms with van der Waals surface area (Å²) in [5.74, 6) is -0.693. The van der Waals surface area contributed by atoms with Gasteiger partial charge in [0.2, 0.25) is 0 Å². The molecule has 0 amide bonds. The topological polar surface area (TPSA) is 68.8 Å². The van der Waals surface area contributed by atoms with E-state index in [1.807, 2.05) is 25.1 Å². The summed E-state index contributed by atoms with van der Waals surface area (Å²) in [4.78, 5) is 9.76. The van der Waals surface area contributed by atoms with Crippen molar-refractivity contribution < 1.29 is 15.4 Å². The fourth-order valence-electron chi connectivity index (χ4n) is 0.862. The molecule has 0 spiro atoms. The maximum absolute atomic E-state index is 9.76. The second-order valence-electron chi connectivity index (χ2n) is 3.15. The van der Waals surface area contributed by atoms with Gasteiger partial charge in [-0.25, -0.2) is 0 Å². The molecular formula is C12H21NaO3. The minimum absolute atomic E-state index is 0. The number of carboxylic acid groups (broad SMARTS) is 1. The fourth-order valence-corrected chi connectivity index (χ4v) is 0.862. The van der Waals surface area contributed by atoms with E-state index >= 15 is 0 Å². The third-order valence-electron chi connectivity index (χ3n) is 1.68. The maximum atomic E-state index is 9.76. The zero-order valence-corrected chi connectivity index (χ0v) is 9.36. The zero-order valence-electron chi connectivity index (χ0n) is 9.36. The van der Waals surface area contributed by atoms with E-state index in [1.54, 1.807) is 0 Å². The summed E-state index contributed by atoms with van der Waals surface area (Å²) in [7, 11) is 0. The first kappa shape index (κ1) is 21.0. The Bertz CT molecular complexity index is 250. The van der Waals surface area contributed by atoms with Crippen molar-refractivity contribution in [1.29, 1.82) is 0 Å². The van der Waals surface area contributed by atoms with E-state index in [0.717, 1.165) is 12.8 Å². The first-order valence-corrected chi connectivity index (χ1v) is 4.90. The Kier molecular flexibility index (Phi) is 19.2. The number of hydrogen-bond donors (Lipinski definition) is 1. The Morgan fingerprint density at radius 2 is 1.75 bits per heavy atom. The summed E-state index contributed by atoms with van der Waals surface area (Å²) in [5, 5.41) is 8.04. The van der Waals surface area contributed by atoms with E-state index in [0.29, 0.717) is 6.42 Å². The quantitative estimate of drug-likeness (QED) is 0.813. The molecule has 0 saturated carbocycles. The summed E-state index contributed by atoms with van der Waals surface area (Å²) >= 11 is 0. The van der Waals surface area contributed by atoms with E-state index in [-0.39, 0.29) is 35.0 Å². The van der Waals surface area contributed by atoms with Crippen molar-refractivity contribution in [3.05, 3.63) is 35.9 Å². The summed E-state index contributed by atoms with van der Waals surface area (Å²) in [5.41, 5.74) is 1.32. The molecule has 0 unspecified atom stereocenters. The summed E-state index contributed by atoms with van der Waals surface area (Å²) in [6, 6.07) is 10.3. The average molecular weight is 236 g/mol. The van der Waals surface area contributed by atoms with Gasteiger partial charge in [0.05, 0.1) is 0 Å². The normalized spacial score (nSPS) is 7.62. The molecule has 0 fully saturated rings. The number of aryl methyl sites for hydroxylation is 1. The van der Waals surface area contributed by atoms with Gasteiger partial charge in [-0.1, -0.05) is 49.2 Å². The molecule has 1 aromatic carbocycles. The standard InChI is InChI=1S/C7H8.C5H10O2.Na.H2O.H/c1-7-5-3-2-4-6-7;1-2-3-4-5(6)7;;;/h2-6H,1H3;2-4H2,1H3,(H,6,7);;1H2;. The Morgan fingerprint density at radius 1 is 1.25 bits per heavy atom. The second-order valence-corrected chi connectivity index (χ2v) is 3.15. The molecule has 0 atom stereocenters. The Morgan fingerprint density at radius 3 is 1.94 bits per heavy atom. The van der Waals surface area contributed by atoms with Crippen LogP contribution in [0.2, 0.25) is 0 Å². The van der Waals surface area contributed by atoms with Crippen LogP contribution in [0.1, 0.15) is 31.7 Å². The van der Waals surface area contributed by atoms with Gasteiger partial charge in [-0.3, -0.25) is 4.79 Å². The second kappa shape index (κ2) is 14.6. The Hall–Kier alpha value is -0.350. The van der Waals surface area contributed by atoms with Crippen molar-refractivity contribution in [2.24, 2.45) is 0 Å². The summed E-state index contributed by atoms with van der Waals surface area (Å²) in [6.07, 6.45) is 2.08. The van der Waals surface area contributed by atoms with E-state index in [4.69, 9.17) is 5.11 Å². The van der Waals surface area contributed by atoms with Crippen LogP contribution in [-0.4, -0.2) is 46.1 Å². The SMILES string of the molecule is CCCCC(=O)O.Cc1ccccc1.O.[NaH]. The van der Waals surface area contributed by atoms with Crippen LogP contribution in [0.4, 0.5) is 0 Å². The third kappa shape index (κ3) is 16.1. The third-order valence-corrected chi connectivity index (χ3v) is 1.68. The molecule has 0 radical (unpaired) electrons.